The normalized spacial score (nSPS) is 9.31. The maximum Gasteiger partial charge on any atom is 0.320 e. The second-order valence-corrected chi connectivity index (χ2v) is 4.08. The third-order valence-corrected chi connectivity index (χ3v) is 1.41. The van der Waals surface area contributed by atoms with Crippen molar-refractivity contribution in [3.8, 4) is 0 Å². The third-order valence-electron chi connectivity index (χ3n) is 1.41. The summed E-state index contributed by atoms with van der Waals surface area (Å²) in [5.74, 6) is 0.457. The van der Waals surface area contributed by atoms with Crippen LogP contribution in [0.4, 0.5) is 0 Å². The quantitative estimate of drug-likeness (QED) is 0.800. The van der Waals surface area contributed by atoms with Gasteiger partial charge < -0.3 is 10.5 Å². The number of nitrogens with two attached hydrogens (primary N) is 1. The Balaban J connectivity index is 0.000000487. The van der Waals surface area contributed by atoms with Crippen molar-refractivity contribution >= 4 is 5.97 Å². The second kappa shape index (κ2) is 8.92. The molecule has 0 aliphatic heterocycles. The Morgan fingerprint density at radius 3 is 2.19 bits per heavy atom. The number of ether oxygens (including phenoxy) is 1. The summed E-state index contributed by atoms with van der Waals surface area (Å²) in [4.78, 5) is 10.6. The highest BCUT2D eigenvalue weighted by Gasteiger charge is 1.97. The van der Waals surface area contributed by atoms with Gasteiger partial charge in [0.15, 0.2) is 0 Å². The van der Waals surface area contributed by atoms with Gasteiger partial charge in [-0.25, -0.2) is 0 Å². The van der Waals surface area contributed by atoms with Gasteiger partial charge >= 0.3 is 5.97 Å². The molecule has 0 saturated carbocycles. The minimum Gasteiger partial charge on any atom is -0.460 e. The average Bonchev–Trinajstić information content (AvgIpc) is 2.26. The molecule has 0 heterocycles. The van der Waals surface area contributed by atoms with E-state index in [9.17, 15) is 4.79 Å². The summed E-state index contributed by atoms with van der Waals surface area (Å²) in [6.45, 7) is 6.74. The SMILES string of the molecule is CC(C)C.NCC(=O)OCc1ccccc1. The smallest absolute Gasteiger partial charge is 0.320 e. The molecule has 3 nitrogen and oxygen atoms in total. The first-order chi connectivity index (χ1) is 7.56. The summed E-state index contributed by atoms with van der Waals surface area (Å²) < 4.78 is 4.81. The topological polar surface area (TPSA) is 52.3 Å². The lowest BCUT2D eigenvalue weighted by atomic mass is 10.2. The van der Waals surface area contributed by atoms with Gasteiger partial charge in [0.1, 0.15) is 6.61 Å². The van der Waals surface area contributed by atoms with Crippen molar-refractivity contribution in [3.05, 3.63) is 35.9 Å². The predicted molar refractivity (Wildman–Crippen MR) is 65.8 cm³/mol. The lowest BCUT2D eigenvalue weighted by molar-refractivity contribution is -0.143. The highest BCUT2D eigenvalue weighted by molar-refractivity contribution is 5.71. The minimum absolute atomic E-state index is 0.0627. The van der Waals surface area contributed by atoms with E-state index in [4.69, 9.17) is 10.5 Å². The van der Waals surface area contributed by atoms with Crippen LogP contribution in [0.3, 0.4) is 0 Å². The molecule has 0 aromatic heterocycles. The van der Waals surface area contributed by atoms with Crippen LogP contribution in [-0.4, -0.2) is 12.5 Å². The number of carbonyl (C=O) groups is 1. The van der Waals surface area contributed by atoms with Gasteiger partial charge in [-0.15, -0.1) is 0 Å². The molecule has 0 aliphatic carbocycles. The Morgan fingerprint density at radius 1 is 1.25 bits per heavy atom. The first-order valence-corrected chi connectivity index (χ1v) is 5.46. The van der Waals surface area contributed by atoms with E-state index in [-0.39, 0.29) is 12.5 Å². The molecular formula is C13H21NO2. The number of esters is 1. The molecule has 2 N–H and O–H groups in total. The number of hydrogen-bond acceptors (Lipinski definition) is 3. The van der Waals surface area contributed by atoms with Gasteiger partial charge in [0, 0.05) is 0 Å². The molecule has 1 aromatic carbocycles. The summed E-state index contributed by atoms with van der Waals surface area (Å²) in [6.07, 6.45) is 0. The molecule has 0 atom stereocenters. The summed E-state index contributed by atoms with van der Waals surface area (Å²) in [7, 11) is 0. The third kappa shape index (κ3) is 9.21. The van der Waals surface area contributed by atoms with Gasteiger partial charge in [0.05, 0.1) is 6.54 Å². The summed E-state index contributed by atoms with van der Waals surface area (Å²) >= 11 is 0. The molecule has 0 bridgehead atoms. The van der Waals surface area contributed by atoms with Crippen molar-refractivity contribution in [1.82, 2.24) is 0 Å². The molecule has 1 rings (SSSR count). The summed E-state index contributed by atoms with van der Waals surface area (Å²) in [5.41, 5.74) is 6.03. The minimum atomic E-state index is -0.376. The van der Waals surface area contributed by atoms with E-state index in [0.29, 0.717) is 6.61 Å². The molecule has 0 radical (unpaired) electrons. The standard InChI is InChI=1S/C9H11NO2.C4H10/c10-6-9(11)12-7-8-4-2-1-3-5-8;1-4(2)3/h1-5H,6-7,10H2;4H,1-3H3. The molecule has 16 heavy (non-hydrogen) atoms. The Bertz CT molecular complexity index is 280. The first kappa shape index (κ1) is 14.6. The van der Waals surface area contributed by atoms with Crippen LogP contribution in [0.15, 0.2) is 30.3 Å². The van der Waals surface area contributed by atoms with Gasteiger partial charge in [-0.2, -0.15) is 0 Å². The summed E-state index contributed by atoms with van der Waals surface area (Å²) in [6, 6.07) is 9.49. The molecule has 1 aromatic rings. The Hall–Kier alpha value is -1.35. The Labute approximate surface area is 97.6 Å². The van der Waals surface area contributed by atoms with Gasteiger partial charge in [-0.3, -0.25) is 4.79 Å². The Kier molecular flexibility index (Phi) is 8.17. The molecule has 0 aliphatic rings. The van der Waals surface area contributed by atoms with Crippen LogP contribution in [0, 0.1) is 5.92 Å². The van der Waals surface area contributed by atoms with Crippen LogP contribution in [-0.2, 0) is 16.1 Å². The van der Waals surface area contributed by atoms with Crippen molar-refractivity contribution in [3.63, 3.8) is 0 Å². The maximum atomic E-state index is 10.6. The number of rotatable bonds is 3. The van der Waals surface area contributed by atoms with E-state index in [0.717, 1.165) is 11.5 Å². The predicted octanol–water partition coefficient (Wildman–Crippen LogP) is 2.35. The van der Waals surface area contributed by atoms with E-state index in [1.54, 1.807) is 0 Å². The number of carbonyl (C=O) groups excluding carboxylic acids is 1. The van der Waals surface area contributed by atoms with Crippen LogP contribution in [0.1, 0.15) is 26.3 Å². The van der Waals surface area contributed by atoms with Gasteiger partial charge in [0.2, 0.25) is 0 Å². The zero-order valence-electron chi connectivity index (χ0n) is 10.3. The summed E-state index contributed by atoms with van der Waals surface area (Å²) in [5, 5.41) is 0. The largest absolute Gasteiger partial charge is 0.460 e. The Morgan fingerprint density at radius 2 is 1.75 bits per heavy atom. The molecule has 3 heteroatoms. The molecule has 90 valence electrons. The maximum absolute atomic E-state index is 10.6. The second-order valence-electron chi connectivity index (χ2n) is 4.08. The first-order valence-electron chi connectivity index (χ1n) is 5.46. The van der Waals surface area contributed by atoms with E-state index < -0.39 is 0 Å². The van der Waals surface area contributed by atoms with Gasteiger partial charge in [-0.05, 0) is 11.5 Å². The molecule has 0 amide bonds. The molecule has 0 saturated heterocycles. The van der Waals surface area contributed by atoms with Crippen molar-refractivity contribution in [2.75, 3.05) is 6.54 Å². The number of hydrogen-bond donors (Lipinski definition) is 1. The fourth-order valence-corrected chi connectivity index (χ4v) is 0.797. The zero-order valence-corrected chi connectivity index (χ0v) is 10.3. The van der Waals surface area contributed by atoms with Gasteiger partial charge in [0.25, 0.3) is 0 Å². The van der Waals surface area contributed by atoms with Crippen molar-refractivity contribution in [1.29, 1.82) is 0 Å². The molecule has 0 spiro atoms. The fraction of sp³-hybridized carbons (Fsp3) is 0.462. The van der Waals surface area contributed by atoms with Gasteiger partial charge in [-0.1, -0.05) is 51.1 Å². The van der Waals surface area contributed by atoms with Crippen molar-refractivity contribution < 1.29 is 9.53 Å². The van der Waals surface area contributed by atoms with Crippen LogP contribution in [0.25, 0.3) is 0 Å². The number of benzene rings is 1. The van der Waals surface area contributed by atoms with Crippen LogP contribution < -0.4 is 5.73 Å². The molecule has 0 unspecified atom stereocenters. The lowest BCUT2D eigenvalue weighted by Gasteiger charge is -2.01. The van der Waals surface area contributed by atoms with E-state index in [1.807, 2.05) is 30.3 Å². The molecular weight excluding hydrogens is 202 g/mol. The fourth-order valence-electron chi connectivity index (χ4n) is 0.797. The van der Waals surface area contributed by atoms with Crippen molar-refractivity contribution in [2.45, 2.75) is 27.4 Å². The zero-order chi connectivity index (χ0) is 12.4. The van der Waals surface area contributed by atoms with E-state index in [2.05, 4.69) is 20.8 Å². The highest BCUT2D eigenvalue weighted by atomic mass is 16.5. The van der Waals surface area contributed by atoms with Crippen LogP contribution >= 0.6 is 0 Å². The van der Waals surface area contributed by atoms with Crippen molar-refractivity contribution in [2.24, 2.45) is 11.7 Å². The van der Waals surface area contributed by atoms with E-state index >= 15 is 0 Å². The monoisotopic (exact) mass is 223 g/mol. The lowest BCUT2D eigenvalue weighted by Crippen LogP contribution is -2.16. The average molecular weight is 223 g/mol. The van der Waals surface area contributed by atoms with E-state index in [1.165, 1.54) is 0 Å². The molecule has 0 fully saturated rings. The van der Waals surface area contributed by atoms with Crippen LogP contribution in [0.2, 0.25) is 0 Å². The van der Waals surface area contributed by atoms with Crippen LogP contribution in [0.5, 0.6) is 0 Å². The highest BCUT2D eigenvalue weighted by Crippen LogP contribution is 1.99.